The van der Waals surface area contributed by atoms with E-state index in [1.165, 1.54) is 16.0 Å². The van der Waals surface area contributed by atoms with Crippen LogP contribution < -0.4 is 10.6 Å². The minimum atomic E-state index is -0.0550. The molecule has 0 saturated carbocycles. The second kappa shape index (κ2) is 11.1. The van der Waals surface area contributed by atoms with Gasteiger partial charge in [-0.05, 0) is 41.8 Å². The number of hydrogen-bond acceptors (Lipinski definition) is 4. The van der Waals surface area contributed by atoms with Gasteiger partial charge in [0, 0.05) is 51.0 Å². The molecule has 162 valence electrons. The Bertz CT molecular complexity index is 837. The highest BCUT2D eigenvalue weighted by molar-refractivity contribution is 5.96. The third-order valence-corrected chi connectivity index (χ3v) is 5.30. The highest BCUT2D eigenvalue weighted by Crippen LogP contribution is 2.23. The van der Waals surface area contributed by atoms with Gasteiger partial charge < -0.3 is 15.5 Å². The van der Waals surface area contributed by atoms with Gasteiger partial charge in [0.15, 0.2) is 0 Å². The van der Waals surface area contributed by atoms with E-state index in [1.54, 1.807) is 38.4 Å². The molecule has 7 heteroatoms. The van der Waals surface area contributed by atoms with Crippen molar-refractivity contribution in [2.75, 3.05) is 45.6 Å². The summed E-state index contributed by atoms with van der Waals surface area (Å²) >= 11 is 0. The molecule has 1 atom stereocenters. The Hall–Kier alpha value is -2.41. The van der Waals surface area contributed by atoms with Crippen molar-refractivity contribution >= 4 is 29.9 Å². The van der Waals surface area contributed by atoms with E-state index in [-0.39, 0.29) is 30.3 Å². The zero-order valence-corrected chi connectivity index (χ0v) is 18.7. The zero-order chi connectivity index (χ0) is 20.8. The summed E-state index contributed by atoms with van der Waals surface area (Å²) in [7, 11) is 3.44. The fourth-order valence-corrected chi connectivity index (χ4v) is 3.58. The molecule has 0 radical (unpaired) electrons. The average molecular weight is 431 g/mol. The molecule has 2 N–H and O–H groups in total. The standard InChI is InChI=1S/C23H30N4O2.ClH/c1-4-17-5-7-18(8-6-17)21-15-24-13-14-27(21)16-22(28)25-20-11-9-19(10-12-20)23(29)26(2)3;/h5-12,21,24H,4,13-16H2,1-3H3,(H,25,28);1H. The molecule has 0 spiro atoms. The van der Waals surface area contributed by atoms with Gasteiger partial charge in [-0.15, -0.1) is 12.4 Å². The van der Waals surface area contributed by atoms with E-state index in [4.69, 9.17) is 0 Å². The van der Waals surface area contributed by atoms with Gasteiger partial charge in [-0.2, -0.15) is 0 Å². The Balaban J connectivity index is 0.00000320. The van der Waals surface area contributed by atoms with E-state index in [2.05, 4.69) is 46.7 Å². The SMILES string of the molecule is CCc1ccc(C2CNCCN2CC(=O)Nc2ccc(C(=O)N(C)C)cc2)cc1.Cl. The van der Waals surface area contributed by atoms with E-state index in [0.29, 0.717) is 17.8 Å². The summed E-state index contributed by atoms with van der Waals surface area (Å²) in [5.41, 5.74) is 3.85. The fraction of sp³-hybridized carbons (Fsp3) is 0.391. The highest BCUT2D eigenvalue weighted by Gasteiger charge is 2.25. The van der Waals surface area contributed by atoms with Gasteiger partial charge in [-0.1, -0.05) is 31.2 Å². The van der Waals surface area contributed by atoms with Gasteiger partial charge in [-0.25, -0.2) is 0 Å². The lowest BCUT2D eigenvalue weighted by Gasteiger charge is -2.36. The summed E-state index contributed by atoms with van der Waals surface area (Å²) in [6.45, 7) is 5.01. The zero-order valence-electron chi connectivity index (χ0n) is 17.9. The van der Waals surface area contributed by atoms with Crippen LogP contribution in [0.25, 0.3) is 0 Å². The van der Waals surface area contributed by atoms with E-state index in [0.717, 1.165) is 26.1 Å². The van der Waals surface area contributed by atoms with E-state index >= 15 is 0 Å². The van der Waals surface area contributed by atoms with Gasteiger partial charge in [0.2, 0.25) is 5.91 Å². The van der Waals surface area contributed by atoms with Crippen molar-refractivity contribution < 1.29 is 9.59 Å². The van der Waals surface area contributed by atoms with Crippen LogP contribution >= 0.6 is 12.4 Å². The third kappa shape index (κ3) is 6.05. The number of nitrogens with one attached hydrogen (secondary N) is 2. The molecule has 1 unspecified atom stereocenters. The number of halogens is 1. The Morgan fingerprint density at radius 3 is 2.37 bits per heavy atom. The van der Waals surface area contributed by atoms with Crippen LogP contribution in [0.2, 0.25) is 0 Å². The molecule has 0 bridgehead atoms. The lowest BCUT2D eigenvalue weighted by molar-refractivity contribution is -0.118. The number of amides is 2. The minimum absolute atomic E-state index is 0. The van der Waals surface area contributed by atoms with Gasteiger partial charge in [0.05, 0.1) is 6.54 Å². The lowest BCUT2D eigenvalue weighted by atomic mass is 10.0. The van der Waals surface area contributed by atoms with Crippen molar-refractivity contribution in [2.24, 2.45) is 0 Å². The van der Waals surface area contributed by atoms with Crippen LogP contribution in [0.15, 0.2) is 48.5 Å². The number of benzene rings is 2. The summed E-state index contributed by atoms with van der Waals surface area (Å²) in [4.78, 5) is 28.4. The van der Waals surface area contributed by atoms with Crippen molar-refractivity contribution in [1.82, 2.24) is 15.1 Å². The Labute approximate surface area is 185 Å². The number of carbonyl (C=O) groups is 2. The molecular weight excluding hydrogens is 400 g/mol. The van der Waals surface area contributed by atoms with Gasteiger partial charge >= 0.3 is 0 Å². The van der Waals surface area contributed by atoms with Gasteiger partial charge in [0.25, 0.3) is 5.91 Å². The fourth-order valence-electron chi connectivity index (χ4n) is 3.58. The van der Waals surface area contributed by atoms with Crippen molar-refractivity contribution in [2.45, 2.75) is 19.4 Å². The topological polar surface area (TPSA) is 64.7 Å². The summed E-state index contributed by atoms with van der Waals surface area (Å²) in [6, 6.07) is 15.9. The number of anilines is 1. The highest BCUT2D eigenvalue weighted by atomic mass is 35.5. The molecule has 2 aromatic rings. The van der Waals surface area contributed by atoms with Crippen molar-refractivity contribution in [3.63, 3.8) is 0 Å². The van der Waals surface area contributed by atoms with E-state index in [1.807, 2.05) is 0 Å². The summed E-state index contributed by atoms with van der Waals surface area (Å²) < 4.78 is 0. The average Bonchev–Trinajstić information content (AvgIpc) is 2.74. The lowest BCUT2D eigenvalue weighted by Crippen LogP contribution is -2.48. The predicted molar refractivity (Wildman–Crippen MR) is 123 cm³/mol. The number of carbonyl (C=O) groups excluding carboxylic acids is 2. The van der Waals surface area contributed by atoms with Crippen LogP contribution in [0.4, 0.5) is 5.69 Å². The molecule has 1 fully saturated rings. The maximum Gasteiger partial charge on any atom is 0.253 e. The molecule has 6 nitrogen and oxygen atoms in total. The van der Waals surface area contributed by atoms with Crippen LogP contribution in [-0.2, 0) is 11.2 Å². The van der Waals surface area contributed by atoms with Crippen LogP contribution in [0.1, 0.15) is 34.5 Å². The minimum Gasteiger partial charge on any atom is -0.345 e. The number of nitrogens with zero attached hydrogens (tertiary/aromatic N) is 2. The molecule has 0 aromatic heterocycles. The monoisotopic (exact) mass is 430 g/mol. The summed E-state index contributed by atoms with van der Waals surface area (Å²) in [5.74, 6) is -0.102. The van der Waals surface area contributed by atoms with Crippen molar-refractivity contribution in [3.8, 4) is 0 Å². The Morgan fingerprint density at radius 1 is 1.10 bits per heavy atom. The molecule has 1 heterocycles. The maximum atomic E-state index is 12.6. The number of piperazine rings is 1. The first-order valence-corrected chi connectivity index (χ1v) is 10.1. The Morgan fingerprint density at radius 2 is 1.77 bits per heavy atom. The quantitative estimate of drug-likeness (QED) is 0.739. The van der Waals surface area contributed by atoms with E-state index in [9.17, 15) is 9.59 Å². The first-order valence-electron chi connectivity index (χ1n) is 10.1. The third-order valence-electron chi connectivity index (χ3n) is 5.30. The second-order valence-corrected chi connectivity index (χ2v) is 7.61. The summed E-state index contributed by atoms with van der Waals surface area (Å²) in [6.07, 6.45) is 1.02. The number of rotatable bonds is 6. The van der Waals surface area contributed by atoms with Crippen LogP contribution in [0.5, 0.6) is 0 Å². The normalized spacial score (nSPS) is 16.4. The van der Waals surface area contributed by atoms with Crippen LogP contribution in [0.3, 0.4) is 0 Å². The molecule has 0 aliphatic carbocycles. The smallest absolute Gasteiger partial charge is 0.253 e. The Kier molecular flexibility index (Phi) is 8.84. The number of hydrogen-bond donors (Lipinski definition) is 2. The first kappa shape index (κ1) is 23.9. The van der Waals surface area contributed by atoms with Crippen LogP contribution in [0, 0.1) is 0 Å². The predicted octanol–water partition coefficient (Wildman–Crippen LogP) is 2.96. The first-order chi connectivity index (χ1) is 14.0. The molecule has 2 aromatic carbocycles. The molecule has 3 rings (SSSR count). The molecule has 1 aliphatic heterocycles. The van der Waals surface area contributed by atoms with Crippen LogP contribution in [-0.4, -0.2) is 61.9 Å². The second-order valence-electron chi connectivity index (χ2n) is 7.61. The largest absolute Gasteiger partial charge is 0.345 e. The number of aryl methyl sites for hydroxylation is 1. The van der Waals surface area contributed by atoms with E-state index < -0.39 is 0 Å². The van der Waals surface area contributed by atoms with Gasteiger partial charge in [0.1, 0.15) is 0 Å². The van der Waals surface area contributed by atoms with Crippen molar-refractivity contribution in [1.29, 1.82) is 0 Å². The van der Waals surface area contributed by atoms with Gasteiger partial charge in [-0.3, -0.25) is 14.5 Å². The molecule has 1 saturated heterocycles. The summed E-state index contributed by atoms with van der Waals surface area (Å²) in [5, 5.41) is 6.38. The molecule has 1 aliphatic rings. The molecular formula is C23H31ClN4O2. The maximum absolute atomic E-state index is 12.6. The van der Waals surface area contributed by atoms with Crippen molar-refractivity contribution in [3.05, 3.63) is 65.2 Å². The molecule has 30 heavy (non-hydrogen) atoms. The molecule has 2 amide bonds.